The second-order valence-electron chi connectivity index (χ2n) is 2.48. The summed E-state index contributed by atoms with van der Waals surface area (Å²) in [6.07, 6.45) is 0.0884. The molecule has 0 radical (unpaired) electrons. The molecule has 0 bridgehead atoms. The van der Waals surface area contributed by atoms with Crippen LogP contribution in [0.5, 0.6) is 0 Å². The fraction of sp³-hybridized carbons (Fsp3) is 0.833. The van der Waals surface area contributed by atoms with Crippen molar-refractivity contribution in [2.45, 2.75) is 18.6 Å². The van der Waals surface area contributed by atoms with Crippen LogP contribution in [0.2, 0.25) is 0 Å². The highest BCUT2D eigenvalue weighted by Gasteiger charge is 2.09. The number of esters is 1. The molecule has 1 N–H and O–H groups in total. The Hall–Kier alpha value is -0.270. The highest BCUT2D eigenvalue weighted by molar-refractivity contribution is 7.85. The fourth-order valence-corrected chi connectivity index (χ4v) is 1.09. The summed E-state index contributed by atoms with van der Waals surface area (Å²) in [5.41, 5.74) is 0. The minimum absolute atomic E-state index is 0.0243. The van der Waals surface area contributed by atoms with Crippen LogP contribution in [0.25, 0.3) is 0 Å². The van der Waals surface area contributed by atoms with E-state index in [4.69, 9.17) is 4.55 Å². The molecule has 0 aliphatic heterocycles. The zero-order valence-electron chi connectivity index (χ0n) is 7.13. The Morgan fingerprint density at radius 1 is 1.62 bits per heavy atom. The Kier molecular flexibility index (Phi) is 5.34. The summed E-state index contributed by atoms with van der Waals surface area (Å²) in [5, 5.41) is -0.522. The Balaban J connectivity index is 3.53. The molecule has 0 saturated carbocycles. The quantitative estimate of drug-likeness (QED) is 0.302. The van der Waals surface area contributed by atoms with Crippen LogP contribution < -0.4 is 0 Å². The number of carbonyl (C=O) groups excluding carboxylic acids is 1. The molecule has 0 heterocycles. The van der Waals surface area contributed by atoms with Crippen LogP contribution in [0, 0.1) is 0 Å². The standard InChI is InChI=1S/C6H12O5S2/c1-5(12)6(7)11-3-2-4-13(8,9)10/h5,12H,2-4H2,1H3,(H,8,9,10). The van der Waals surface area contributed by atoms with Crippen molar-refractivity contribution in [3.63, 3.8) is 0 Å². The van der Waals surface area contributed by atoms with Gasteiger partial charge in [0.05, 0.1) is 17.6 Å². The van der Waals surface area contributed by atoms with Gasteiger partial charge in [0.25, 0.3) is 10.1 Å². The molecule has 0 aromatic carbocycles. The van der Waals surface area contributed by atoms with Gasteiger partial charge in [-0.15, -0.1) is 0 Å². The van der Waals surface area contributed by atoms with E-state index in [9.17, 15) is 13.2 Å². The number of carbonyl (C=O) groups is 1. The molecular weight excluding hydrogens is 216 g/mol. The van der Waals surface area contributed by atoms with Gasteiger partial charge in [0, 0.05) is 0 Å². The lowest BCUT2D eigenvalue weighted by molar-refractivity contribution is -0.142. The summed E-state index contributed by atoms with van der Waals surface area (Å²) in [6.45, 7) is 1.53. The summed E-state index contributed by atoms with van der Waals surface area (Å²) in [4.78, 5) is 10.8. The average Bonchev–Trinajstić information content (AvgIpc) is 1.95. The van der Waals surface area contributed by atoms with Crippen molar-refractivity contribution in [2.75, 3.05) is 12.4 Å². The molecule has 0 aromatic rings. The zero-order valence-corrected chi connectivity index (χ0v) is 8.85. The molecule has 0 aromatic heterocycles. The van der Waals surface area contributed by atoms with Gasteiger partial charge in [-0.25, -0.2) is 0 Å². The van der Waals surface area contributed by atoms with E-state index in [1.807, 2.05) is 0 Å². The molecule has 1 atom stereocenters. The Bertz CT molecular complexity index is 256. The van der Waals surface area contributed by atoms with Gasteiger partial charge in [0.15, 0.2) is 0 Å². The first kappa shape index (κ1) is 12.7. The minimum Gasteiger partial charge on any atom is -0.465 e. The Labute approximate surface area is 82.6 Å². The SMILES string of the molecule is CC(S)C(=O)OCCCS(=O)(=O)O. The maximum atomic E-state index is 10.8. The number of rotatable bonds is 5. The van der Waals surface area contributed by atoms with Gasteiger partial charge in [0.2, 0.25) is 0 Å². The molecule has 5 nitrogen and oxygen atoms in total. The molecule has 78 valence electrons. The molecule has 0 aliphatic rings. The number of thiol groups is 1. The molecule has 0 fully saturated rings. The van der Waals surface area contributed by atoms with Gasteiger partial charge >= 0.3 is 5.97 Å². The largest absolute Gasteiger partial charge is 0.465 e. The van der Waals surface area contributed by atoms with E-state index in [-0.39, 0.29) is 13.0 Å². The Morgan fingerprint density at radius 2 is 2.15 bits per heavy atom. The van der Waals surface area contributed by atoms with Gasteiger partial charge in [-0.1, -0.05) is 0 Å². The van der Waals surface area contributed by atoms with E-state index < -0.39 is 27.1 Å². The van der Waals surface area contributed by atoms with Gasteiger partial charge in [-0.3, -0.25) is 9.35 Å². The lowest BCUT2D eigenvalue weighted by Crippen LogP contribution is -2.16. The van der Waals surface area contributed by atoms with Crippen LogP contribution in [0.1, 0.15) is 13.3 Å². The van der Waals surface area contributed by atoms with E-state index >= 15 is 0 Å². The predicted molar refractivity (Wildman–Crippen MR) is 50.4 cm³/mol. The minimum atomic E-state index is -3.95. The summed E-state index contributed by atoms with van der Waals surface area (Å²) in [6, 6.07) is 0. The van der Waals surface area contributed by atoms with Crippen LogP contribution in [0.3, 0.4) is 0 Å². The monoisotopic (exact) mass is 228 g/mol. The zero-order chi connectivity index (χ0) is 10.5. The van der Waals surface area contributed by atoms with Crippen LogP contribution in [0.15, 0.2) is 0 Å². The predicted octanol–water partition coefficient (Wildman–Crippen LogP) is 0.126. The van der Waals surface area contributed by atoms with Gasteiger partial charge in [0.1, 0.15) is 0 Å². The van der Waals surface area contributed by atoms with Gasteiger partial charge < -0.3 is 4.74 Å². The molecule has 13 heavy (non-hydrogen) atoms. The van der Waals surface area contributed by atoms with E-state index in [1.165, 1.54) is 0 Å². The van der Waals surface area contributed by atoms with Crippen molar-refractivity contribution >= 4 is 28.7 Å². The summed E-state index contributed by atoms with van der Waals surface area (Å²) in [5.74, 6) is -0.903. The second kappa shape index (κ2) is 5.46. The van der Waals surface area contributed by atoms with Crippen LogP contribution in [-0.2, 0) is 19.6 Å². The van der Waals surface area contributed by atoms with E-state index in [0.717, 1.165) is 0 Å². The van der Waals surface area contributed by atoms with Gasteiger partial charge in [-0.05, 0) is 13.3 Å². The Morgan fingerprint density at radius 3 is 2.54 bits per heavy atom. The van der Waals surface area contributed by atoms with Crippen molar-refractivity contribution in [1.29, 1.82) is 0 Å². The van der Waals surface area contributed by atoms with E-state index in [2.05, 4.69) is 17.4 Å². The highest BCUT2D eigenvalue weighted by Crippen LogP contribution is 1.97. The third kappa shape index (κ3) is 8.07. The van der Waals surface area contributed by atoms with Crippen molar-refractivity contribution in [3.05, 3.63) is 0 Å². The second-order valence-corrected chi connectivity index (χ2v) is 4.83. The molecule has 1 unspecified atom stereocenters. The van der Waals surface area contributed by atoms with Crippen molar-refractivity contribution in [1.82, 2.24) is 0 Å². The fourth-order valence-electron chi connectivity index (χ4n) is 0.535. The molecule has 0 rings (SSSR count). The average molecular weight is 228 g/mol. The van der Waals surface area contributed by atoms with Crippen molar-refractivity contribution < 1.29 is 22.5 Å². The summed E-state index contributed by atoms with van der Waals surface area (Å²) >= 11 is 3.81. The maximum Gasteiger partial charge on any atom is 0.318 e. The number of ether oxygens (including phenoxy) is 1. The maximum absolute atomic E-state index is 10.8. The first-order chi connectivity index (χ1) is 5.83. The van der Waals surface area contributed by atoms with E-state index in [1.54, 1.807) is 6.92 Å². The molecule has 0 saturated heterocycles. The third-order valence-electron chi connectivity index (χ3n) is 1.13. The first-order valence-electron chi connectivity index (χ1n) is 3.63. The normalized spacial score (nSPS) is 13.8. The van der Waals surface area contributed by atoms with E-state index in [0.29, 0.717) is 0 Å². The molecule has 7 heteroatoms. The summed E-state index contributed by atoms with van der Waals surface area (Å²) < 4.78 is 33.3. The lowest BCUT2D eigenvalue weighted by Gasteiger charge is -2.05. The number of hydrogen-bond donors (Lipinski definition) is 2. The topological polar surface area (TPSA) is 80.7 Å². The molecule has 0 amide bonds. The summed E-state index contributed by atoms with van der Waals surface area (Å²) in [7, 11) is -3.95. The smallest absolute Gasteiger partial charge is 0.318 e. The van der Waals surface area contributed by atoms with Gasteiger partial charge in [-0.2, -0.15) is 21.0 Å². The number of hydrogen-bond acceptors (Lipinski definition) is 5. The van der Waals surface area contributed by atoms with Crippen molar-refractivity contribution in [2.24, 2.45) is 0 Å². The van der Waals surface area contributed by atoms with Crippen LogP contribution >= 0.6 is 12.6 Å². The first-order valence-corrected chi connectivity index (χ1v) is 5.75. The van der Waals surface area contributed by atoms with Crippen molar-refractivity contribution in [3.8, 4) is 0 Å². The molecule has 0 spiro atoms. The third-order valence-corrected chi connectivity index (χ3v) is 2.15. The highest BCUT2D eigenvalue weighted by atomic mass is 32.2. The van der Waals surface area contributed by atoms with Crippen LogP contribution in [-0.4, -0.2) is 36.5 Å². The van der Waals surface area contributed by atoms with Crippen LogP contribution in [0.4, 0.5) is 0 Å². The lowest BCUT2D eigenvalue weighted by atomic mass is 10.5. The molecule has 0 aliphatic carbocycles. The molecular formula is C6H12O5S2.